The van der Waals surface area contributed by atoms with Crippen molar-refractivity contribution in [1.82, 2.24) is 15.3 Å². The number of benzene rings is 2. The number of H-pyrrole nitrogens is 1. The minimum atomic E-state index is -0.270. The highest BCUT2D eigenvalue weighted by Crippen LogP contribution is 2.28. The molecule has 0 saturated carbocycles. The second-order valence-corrected chi connectivity index (χ2v) is 7.23. The number of thioether (sulfide) groups is 1. The van der Waals surface area contributed by atoms with E-state index in [0.29, 0.717) is 34.6 Å². The lowest BCUT2D eigenvalue weighted by Gasteiger charge is -2.05. The van der Waals surface area contributed by atoms with Gasteiger partial charge in [0.2, 0.25) is 0 Å². The zero-order valence-electron chi connectivity index (χ0n) is 15.2. The number of rotatable bonds is 4. The molecule has 1 aliphatic heterocycles. The number of nitrogens with two attached hydrogens (primary N) is 1. The van der Waals surface area contributed by atoms with E-state index < -0.39 is 0 Å². The lowest BCUT2D eigenvalue weighted by molar-refractivity contribution is 0.0974. The maximum atomic E-state index is 12.9. The molecular weight excluding hydrogens is 374 g/mol. The van der Waals surface area contributed by atoms with Gasteiger partial charge in [0, 0.05) is 22.6 Å². The van der Waals surface area contributed by atoms with Crippen LogP contribution in [0.5, 0.6) is 5.75 Å². The van der Waals surface area contributed by atoms with Crippen molar-refractivity contribution >= 4 is 28.5 Å². The molecule has 4 rings (SSSR count). The Morgan fingerprint density at radius 2 is 1.86 bits per heavy atom. The van der Waals surface area contributed by atoms with Crippen LogP contribution in [0.25, 0.3) is 22.6 Å². The van der Waals surface area contributed by atoms with E-state index in [1.807, 2.05) is 36.4 Å². The van der Waals surface area contributed by atoms with Crippen LogP contribution in [0.4, 0.5) is 5.69 Å². The van der Waals surface area contributed by atoms with Gasteiger partial charge in [-0.15, -0.1) is 0 Å². The third kappa shape index (κ3) is 3.72. The molecule has 0 bridgehead atoms. The number of aliphatic imine (C=N–C) groups is 1. The number of amidine groups is 1. The van der Waals surface area contributed by atoms with Gasteiger partial charge in [0.05, 0.1) is 13.7 Å². The molecule has 1 aliphatic rings. The molecule has 28 heavy (non-hydrogen) atoms. The number of carbonyl (C=O) groups is 1. The first-order chi connectivity index (χ1) is 13.6. The fourth-order valence-corrected chi connectivity index (χ4v) is 3.57. The van der Waals surface area contributed by atoms with Crippen molar-refractivity contribution < 1.29 is 9.53 Å². The predicted octanol–water partition coefficient (Wildman–Crippen LogP) is 3.17. The number of carbonyl (C=O) groups excluding carboxylic acids is 1. The molecule has 0 spiro atoms. The first-order valence-electron chi connectivity index (χ1n) is 8.73. The number of nitrogens with one attached hydrogen (secondary N) is 2. The number of imidazole rings is 1. The summed E-state index contributed by atoms with van der Waals surface area (Å²) in [5.41, 5.74) is 9.04. The van der Waals surface area contributed by atoms with Gasteiger partial charge in [-0.1, -0.05) is 11.8 Å². The zero-order valence-corrected chi connectivity index (χ0v) is 16.0. The summed E-state index contributed by atoms with van der Waals surface area (Å²) in [6, 6.07) is 14.8. The van der Waals surface area contributed by atoms with E-state index in [2.05, 4.69) is 20.3 Å². The Morgan fingerprint density at radius 1 is 1.14 bits per heavy atom. The van der Waals surface area contributed by atoms with E-state index in [-0.39, 0.29) is 5.91 Å². The highest BCUT2D eigenvalue weighted by atomic mass is 32.2. The van der Waals surface area contributed by atoms with Gasteiger partial charge in [0.15, 0.2) is 5.17 Å². The average Bonchev–Trinajstić information content (AvgIpc) is 3.38. The standard InChI is InChI=1S/C20H19N5O2S/c1-27-15-8-4-12(5-9-15)16-17(19(26)25-20-22-10-11-28-20)24-18(23-16)13-2-6-14(21)7-3-13/h2-9H,10-11,21H2,1H3,(H,23,24)(H,22,25,26). The fourth-order valence-electron chi connectivity index (χ4n) is 2.84. The Morgan fingerprint density at radius 3 is 2.50 bits per heavy atom. The molecule has 0 unspecified atom stereocenters. The van der Waals surface area contributed by atoms with Gasteiger partial charge in [-0.2, -0.15) is 0 Å². The SMILES string of the molecule is COc1ccc(-c2nc(-c3ccc(N)cc3)[nH]c2C(=O)NC2=NCCS2)cc1. The van der Waals surface area contributed by atoms with Crippen LogP contribution in [-0.4, -0.2) is 40.5 Å². The minimum Gasteiger partial charge on any atom is -0.497 e. The van der Waals surface area contributed by atoms with Crippen molar-refractivity contribution in [2.24, 2.45) is 4.99 Å². The number of amides is 1. The highest BCUT2D eigenvalue weighted by molar-refractivity contribution is 8.14. The number of methoxy groups -OCH3 is 1. The summed E-state index contributed by atoms with van der Waals surface area (Å²) in [5.74, 6) is 1.94. The molecule has 0 atom stereocenters. The van der Waals surface area contributed by atoms with Crippen LogP contribution in [-0.2, 0) is 0 Å². The van der Waals surface area contributed by atoms with Crippen LogP contribution < -0.4 is 15.8 Å². The number of anilines is 1. The van der Waals surface area contributed by atoms with Gasteiger partial charge < -0.3 is 15.5 Å². The topological polar surface area (TPSA) is 105 Å². The Hall–Kier alpha value is -3.26. The number of nitrogen functional groups attached to an aromatic ring is 1. The van der Waals surface area contributed by atoms with Gasteiger partial charge in [-0.3, -0.25) is 15.1 Å². The smallest absolute Gasteiger partial charge is 0.275 e. The average molecular weight is 393 g/mol. The van der Waals surface area contributed by atoms with Crippen LogP contribution in [0.2, 0.25) is 0 Å². The predicted molar refractivity (Wildman–Crippen MR) is 113 cm³/mol. The maximum Gasteiger partial charge on any atom is 0.275 e. The minimum absolute atomic E-state index is 0.270. The van der Waals surface area contributed by atoms with Gasteiger partial charge >= 0.3 is 0 Å². The Kier molecular flexibility index (Phi) is 5.03. The summed E-state index contributed by atoms with van der Waals surface area (Å²) < 4.78 is 5.22. The molecule has 3 aromatic rings. The monoisotopic (exact) mass is 393 g/mol. The molecule has 142 valence electrons. The molecule has 8 heteroatoms. The summed E-state index contributed by atoms with van der Waals surface area (Å²) in [5, 5.41) is 3.49. The summed E-state index contributed by atoms with van der Waals surface area (Å²) in [6.45, 7) is 0.714. The fraction of sp³-hybridized carbons (Fsp3) is 0.150. The van der Waals surface area contributed by atoms with Gasteiger partial charge in [0.25, 0.3) is 5.91 Å². The molecule has 2 aromatic carbocycles. The van der Waals surface area contributed by atoms with Crippen molar-refractivity contribution in [3.05, 3.63) is 54.2 Å². The number of nitrogens with zero attached hydrogens (tertiary/aromatic N) is 2. The number of aromatic nitrogens is 2. The quantitative estimate of drug-likeness (QED) is 0.591. The lowest BCUT2D eigenvalue weighted by atomic mass is 10.1. The molecule has 1 amide bonds. The van der Waals surface area contributed by atoms with Crippen LogP contribution in [0.1, 0.15) is 10.5 Å². The first kappa shape index (κ1) is 18.1. The van der Waals surface area contributed by atoms with Crippen LogP contribution in [0.3, 0.4) is 0 Å². The number of ether oxygens (including phenoxy) is 1. The van der Waals surface area contributed by atoms with Crippen LogP contribution >= 0.6 is 11.8 Å². The second kappa shape index (κ2) is 7.77. The molecule has 0 fully saturated rings. The van der Waals surface area contributed by atoms with E-state index in [1.165, 1.54) is 11.8 Å². The molecular formula is C20H19N5O2S. The summed E-state index contributed by atoms with van der Waals surface area (Å²) in [6.07, 6.45) is 0. The summed E-state index contributed by atoms with van der Waals surface area (Å²) >= 11 is 1.53. The molecule has 2 heterocycles. The molecule has 0 aliphatic carbocycles. The zero-order chi connectivity index (χ0) is 19.5. The normalized spacial score (nSPS) is 13.2. The van der Waals surface area contributed by atoms with Crippen molar-refractivity contribution in [1.29, 1.82) is 0 Å². The largest absolute Gasteiger partial charge is 0.497 e. The van der Waals surface area contributed by atoms with Crippen LogP contribution in [0.15, 0.2) is 53.5 Å². The van der Waals surface area contributed by atoms with Crippen molar-refractivity contribution in [3.8, 4) is 28.4 Å². The number of hydrogen-bond acceptors (Lipinski definition) is 6. The van der Waals surface area contributed by atoms with E-state index in [4.69, 9.17) is 10.5 Å². The Bertz CT molecular complexity index is 1030. The summed E-state index contributed by atoms with van der Waals surface area (Å²) in [7, 11) is 1.61. The van der Waals surface area contributed by atoms with E-state index in [0.717, 1.165) is 22.6 Å². The van der Waals surface area contributed by atoms with Crippen molar-refractivity contribution in [2.75, 3.05) is 25.1 Å². The molecule has 1 aromatic heterocycles. The number of aromatic amines is 1. The Labute approximate surface area is 166 Å². The van der Waals surface area contributed by atoms with Crippen LogP contribution in [0, 0.1) is 0 Å². The third-order valence-corrected chi connectivity index (χ3v) is 5.18. The maximum absolute atomic E-state index is 12.9. The molecule has 0 radical (unpaired) electrons. The molecule has 4 N–H and O–H groups in total. The van der Waals surface area contributed by atoms with Gasteiger partial charge in [0.1, 0.15) is 23.0 Å². The Balaban J connectivity index is 1.74. The number of hydrogen-bond donors (Lipinski definition) is 3. The molecule has 0 saturated heterocycles. The first-order valence-corrected chi connectivity index (χ1v) is 9.71. The van der Waals surface area contributed by atoms with Crippen molar-refractivity contribution in [3.63, 3.8) is 0 Å². The second-order valence-electron chi connectivity index (χ2n) is 6.15. The van der Waals surface area contributed by atoms with E-state index >= 15 is 0 Å². The molecule has 7 nitrogen and oxygen atoms in total. The summed E-state index contributed by atoms with van der Waals surface area (Å²) in [4.78, 5) is 25.0. The van der Waals surface area contributed by atoms with Gasteiger partial charge in [-0.05, 0) is 48.5 Å². The van der Waals surface area contributed by atoms with E-state index in [1.54, 1.807) is 19.2 Å². The lowest BCUT2D eigenvalue weighted by Crippen LogP contribution is -2.28. The van der Waals surface area contributed by atoms with E-state index in [9.17, 15) is 4.79 Å². The van der Waals surface area contributed by atoms with Gasteiger partial charge in [-0.25, -0.2) is 4.98 Å². The third-order valence-electron chi connectivity index (χ3n) is 4.28. The van der Waals surface area contributed by atoms with Crippen molar-refractivity contribution in [2.45, 2.75) is 0 Å². The highest BCUT2D eigenvalue weighted by Gasteiger charge is 2.21.